The molecule has 1 atom stereocenters. The van der Waals surface area contributed by atoms with Crippen LogP contribution in [-0.2, 0) is 6.42 Å². The van der Waals surface area contributed by atoms with Crippen molar-refractivity contribution in [1.29, 1.82) is 5.26 Å². The first-order valence-corrected chi connectivity index (χ1v) is 6.55. The number of fused-ring (bicyclic) bond motifs is 1. The molecule has 0 saturated carbocycles. The lowest BCUT2D eigenvalue weighted by Gasteiger charge is -2.13. The number of hydrogen-bond acceptors (Lipinski definition) is 3. The van der Waals surface area contributed by atoms with Crippen LogP contribution in [-0.4, -0.2) is 12.6 Å². The predicted octanol–water partition coefficient (Wildman–Crippen LogP) is 3.25. The third kappa shape index (κ3) is 2.52. The van der Waals surface area contributed by atoms with E-state index in [0.29, 0.717) is 6.54 Å². The number of ether oxygens (including phenoxy) is 1. The second kappa shape index (κ2) is 5.41. The quantitative estimate of drug-likeness (QED) is 0.942. The lowest BCUT2D eigenvalue weighted by molar-refractivity contribution is 0.246. The number of nitrogens with zero attached hydrogens (tertiary/aromatic N) is 1. The molecule has 0 amide bonds. The number of rotatable bonds is 3. The fraction of sp³-hybridized carbons (Fsp3) is 0.188. The molecule has 1 unspecified atom stereocenters. The molecule has 1 heterocycles. The fourth-order valence-corrected chi connectivity index (χ4v) is 2.36. The third-order valence-electron chi connectivity index (χ3n) is 3.44. The Labute approximate surface area is 120 Å². The van der Waals surface area contributed by atoms with E-state index in [1.54, 1.807) is 6.07 Å². The second-order valence-corrected chi connectivity index (χ2v) is 4.83. The topological polar surface area (TPSA) is 45.0 Å². The Hall–Kier alpha value is -2.61. The summed E-state index contributed by atoms with van der Waals surface area (Å²) in [6.07, 6.45) is 0.601. The Kier molecular flexibility index (Phi) is 3.44. The highest BCUT2D eigenvalue weighted by molar-refractivity contribution is 5.50. The minimum absolute atomic E-state index is 0.0334. The van der Waals surface area contributed by atoms with Gasteiger partial charge in [0.05, 0.1) is 17.8 Å². The minimum atomic E-state index is -1.13. The maximum absolute atomic E-state index is 13.8. The van der Waals surface area contributed by atoms with Crippen molar-refractivity contribution in [3.63, 3.8) is 0 Å². The molecule has 3 rings (SSSR count). The van der Waals surface area contributed by atoms with Crippen LogP contribution in [0.4, 0.5) is 14.5 Å². The first-order valence-electron chi connectivity index (χ1n) is 6.55. The number of para-hydroxylation sites is 1. The molecule has 2 aromatic carbocycles. The molecule has 1 aliphatic rings. The average molecular weight is 286 g/mol. The standard InChI is InChI=1S/C16H12F2N2O/c17-15-11(8-19)5-6-13(16(15)18)20-9-12-7-10-3-1-2-4-14(10)21-12/h1-6,12,20H,7,9H2. The summed E-state index contributed by atoms with van der Waals surface area (Å²) >= 11 is 0. The summed E-state index contributed by atoms with van der Waals surface area (Å²) in [5.74, 6) is -1.33. The van der Waals surface area contributed by atoms with Crippen molar-refractivity contribution in [2.75, 3.05) is 11.9 Å². The number of nitrogens with one attached hydrogen (secondary N) is 1. The molecule has 5 heteroatoms. The average Bonchev–Trinajstić information content (AvgIpc) is 2.91. The van der Waals surface area contributed by atoms with E-state index in [4.69, 9.17) is 10.00 Å². The lowest BCUT2D eigenvalue weighted by atomic mass is 10.1. The summed E-state index contributed by atoms with van der Waals surface area (Å²) in [6.45, 7) is 0.358. The van der Waals surface area contributed by atoms with E-state index in [9.17, 15) is 8.78 Å². The van der Waals surface area contributed by atoms with Crippen LogP contribution in [0.15, 0.2) is 36.4 Å². The Morgan fingerprint density at radius 1 is 1.19 bits per heavy atom. The zero-order valence-electron chi connectivity index (χ0n) is 11.1. The van der Waals surface area contributed by atoms with Crippen molar-refractivity contribution < 1.29 is 13.5 Å². The van der Waals surface area contributed by atoms with E-state index in [2.05, 4.69) is 5.32 Å². The monoisotopic (exact) mass is 286 g/mol. The Balaban J connectivity index is 1.68. The van der Waals surface area contributed by atoms with Crippen molar-refractivity contribution >= 4 is 5.69 Å². The van der Waals surface area contributed by atoms with Gasteiger partial charge in [-0.2, -0.15) is 5.26 Å². The number of anilines is 1. The largest absolute Gasteiger partial charge is 0.488 e. The van der Waals surface area contributed by atoms with Gasteiger partial charge in [0.15, 0.2) is 11.6 Å². The van der Waals surface area contributed by atoms with E-state index in [0.717, 1.165) is 17.7 Å². The van der Waals surface area contributed by atoms with Gasteiger partial charge in [0, 0.05) is 6.42 Å². The van der Waals surface area contributed by atoms with Crippen LogP contribution >= 0.6 is 0 Å². The molecule has 0 radical (unpaired) electrons. The molecular weight excluding hydrogens is 274 g/mol. The van der Waals surface area contributed by atoms with Gasteiger partial charge in [-0.05, 0) is 23.8 Å². The molecule has 0 bridgehead atoms. The van der Waals surface area contributed by atoms with Gasteiger partial charge in [-0.3, -0.25) is 0 Å². The Bertz CT molecular complexity index is 700. The van der Waals surface area contributed by atoms with Crippen LogP contribution in [0, 0.1) is 23.0 Å². The van der Waals surface area contributed by atoms with Crippen LogP contribution in [0.5, 0.6) is 5.75 Å². The van der Waals surface area contributed by atoms with Crippen molar-refractivity contribution in [1.82, 2.24) is 0 Å². The van der Waals surface area contributed by atoms with Gasteiger partial charge in [0.2, 0.25) is 0 Å². The van der Waals surface area contributed by atoms with Crippen molar-refractivity contribution in [3.05, 3.63) is 59.2 Å². The van der Waals surface area contributed by atoms with E-state index in [-0.39, 0.29) is 17.4 Å². The molecule has 0 aliphatic carbocycles. The lowest BCUT2D eigenvalue weighted by Crippen LogP contribution is -2.24. The summed E-state index contributed by atoms with van der Waals surface area (Å²) < 4.78 is 33.0. The van der Waals surface area contributed by atoms with E-state index in [1.807, 2.05) is 24.3 Å². The van der Waals surface area contributed by atoms with Gasteiger partial charge in [0.1, 0.15) is 17.9 Å². The van der Waals surface area contributed by atoms with E-state index >= 15 is 0 Å². The highest BCUT2D eigenvalue weighted by Crippen LogP contribution is 2.28. The maximum Gasteiger partial charge on any atom is 0.183 e. The van der Waals surface area contributed by atoms with Crippen LogP contribution in [0.1, 0.15) is 11.1 Å². The van der Waals surface area contributed by atoms with Crippen LogP contribution in [0.25, 0.3) is 0 Å². The number of halogens is 2. The van der Waals surface area contributed by atoms with Crippen LogP contribution in [0.2, 0.25) is 0 Å². The number of hydrogen-bond donors (Lipinski definition) is 1. The summed E-state index contributed by atoms with van der Waals surface area (Å²) in [5.41, 5.74) is 0.837. The molecule has 1 aliphatic heterocycles. The zero-order chi connectivity index (χ0) is 14.8. The maximum atomic E-state index is 13.8. The SMILES string of the molecule is N#Cc1ccc(NCC2Cc3ccccc3O2)c(F)c1F. The highest BCUT2D eigenvalue weighted by Gasteiger charge is 2.22. The summed E-state index contributed by atoms with van der Waals surface area (Å²) in [7, 11) is 0. The fourth-order valence-electron chi connectivity index (χ4n) is 2.36. The van der Waals surface area contributed by atoms with Gasteiger partial charge in [-0.25, -0.2) is 8.78 Å². The van der Waals surface area contributed by atoms with E-state index < -0.39 is 11.6 Å². The van der Waals surface area contributed by atoms with E-state index in [1.165, 1.54) is 12.1 Å². The van der Waals surface area contributed by atoms with Gasteiger partial charge in [0.25, 0.3) is 0 Å². The predicted molar refractivity (Wildman–Crippen MR) is 74.1 cm³/mol. The van der Waals surface area contributed by atoms with Crippen LogP contribution in [0.3, 0.4) is 0 Å². The normalized spacial score (nSPS) is 16.0. The number of benzene rings is 2. The molecule has 21 heavy (non-hydrogen) atoms. The van der Waals surface area contributed by atoms with Crippen molar-refractivity contribution in [2.45, 2.75) is 12.5 Å². The highest BCUT2D eigenvalue weighted by atomic mass is 19.2. The molecule has 106 valence electrons. The molecule has 0 saturated heterocycles. The Morgan fingerprint density at radius 3 is 2.76 bits per heavy atom. The Morgan fingerprint density at radius 2 is 2.00 bits per heavy atom. The van der Waals surface area contributed by atoms with Gasteiger partial charge < -0.3 is 10.1 Å². The molecule has 0 aromatic heterocycles. The van der Waals surface area contributed by atoms with Gasteiger partial charge in [-0.15, -0.1) is 0 Å². The first-order chi connectivity index (χ1) is 10.2. The summed E-state index contributed by atoms with van der Waals surface area (Å²) in [4.78, 5) is 0. The summed E-state index contributed by atoms with van der Waals surface area (Å²) in [6, 6.07) is 11.9. The zero-order valence-corrected chi connectivity index (χ0v) is 11.1. The van der Waals surface area contributed by atoms with Crippen LogP contribution < -0.4 is 10.1 Å². The third-order valence-corrected chi connectivity index (χ3v) is 3.44. The van der Waals surface area contributed by atoms with Gasteiger partial charge >= 0.3 is 0 Å². The smallest absolute Gasteiger partial charge is 0.183 e. The molecule has 0 spiro atoms. The number of nitriles is 1. The molecule has 2 aromatic rings. The first kappa shape index (κ1) is 13.4. The second-order valence-electron chi connectivity index (χ2n) is 4.83. The molecule has 1 N–H and O–H groups in total. The molecule has 3 nitrogen and oxygen atoms in total. The molecule has 0 fully saturated rings. The van der Waals surface area contributed by atoms with Crippen molar-refractivity contribution in [3.8, 4) is 11.8 Å². The van der Waals surface area contributed by atoms with Gasteiger partial charge in [-0.1, -0.05) is 18.2 Å². The minimum Gasteiger partial charge on any atom is -0.488 e. The summed E-state index contributed by atoms with van der Waals surface area (Å²) in [5, 5.41) is 11.5. The molecular formula is C16H12F2N2O. The van der Waals surface area contributed by atoms with Crippen molar-refractivity contribution in [2.24, 2.45) is 0 Å².